The molecule has 0 spiro atoms. The molecule has 8 heteroatoms. The first-order valence-corrected chi connectivity index (χ1v) is 5.44. The Labute approximate surface area is 113 Å². The average molecular weight is 279 g/mol. The summed E-state index contributed by atoms with van der Waals surface area (Å²) in [6.07, 6.45) is -7.62. The van der Waals surface area contributed by atoms with Crippen molar-refractivity contribution in [2.75, 3.05) is 26.4 Å². The topological polar surface area (TPSA) is 108 Å². The third-order valence-electron chi connectivity index (χ3n) is 2.40. The van der Waals surface area contributed by atoms with E-state index < -0.39 is 63.2 Å². The van der Waals surface area contributed by atoms with E-state index in [0.29, 0.717) is 0 Å². The summed E-state index contributed by atoms with van der Waals surface area (Å²) in [5.41, 5.74) is 0. The maximum absolute atomic E-state index is 10.7. The van der Waals surface area contributed by atoms with Crippen LogP contribution in [0.2, 0.25) is 0 Å². The third kappa shape index (κ3) is 4.77. The SMILES string of the molecule is [2H]C(=O)COC[C@H]1OC(O)[C@@H](OCC([2H])=O)[C@@H]1OCC([2H])=O. The van der Waals surface area contributed by atoms with Gasteiger partial charge in [-0.1, -0.05) is 0 Å². The molecule has 1 aliphatic rings. The molecular formula is C11H16O8. The minimum atomic E-state index is -1.49. The van der Waals surface area contributed by atoms with Gasteiger partial charge >= 0.3 is 0 Å². The fourth-order valence-electron chi connectivity index (χ4n) is 1.70. The van der Waals surface area contributed by atoms with Gasteiger partial charge in [0.05, 0.1) is 6.61 Å². The quantitative estimate of drug-likeness (QED) is 0.461. The Balaban J connectivity index is 2.65. The third-order valence-corrected chi connectivity index (χ3v) is 2.40. The monoisotopic (exact) mass is 279 g/mol. The molecule has 0 radical (unpaired) electrons. The summed E-state index contributed by atoms with van der Waals surface area (Å²) in [4.78, 5) is 31.8. The minimum absolute atomic E-state index is 0.229. The van der Waals surface area contributed by atoms with Gasteiger partial charge in [0, 0.05) is 0 Å². The summed E-state index contributed by atoms with van der Waals surface area (Å²) in [7, 11) is 0. The Hall–Kier alpha value is -1.19. The van der Waals surface area contributed by atoms with Crippen LogP contribution in [-0.4, -0.2) is 74.9 Å². The van der Waals surface area contributed by atoms with Gasteiger partial charge in [0.25, 0.3) is 0 Å². The van der Waals surface area contributed by atoms with Crippen LogP contribution < -0.4 is 0 Å². The van der Waals surface area contributed by atoms with Crippen molar-refractivity contribution in [1.82, 2.24) is 0 Å². The van der Waals surface area contributed by atoms with Crippen LogP contribution in [0.1, 0.15) is 4.11 Å². The van der Waals surface area contributed by atoms with Crippen molar-refractivity contribution in [3.8, 4) is 0 Å². The van der Waals surface area contributed by atoms with Crippen LogP contribution in [-0.2, 0) is 33.3 Å². The second-order valence-electron chi connectivity index (χ2n) is 3.56. The fourth-order valence-corrected chi connectivity index (χ4v) is 1.70. The molecule has 1 fully saturated rings. The number of aliphatic hydroxyl groups excluding tert-OH is 1. The number of carbonyl (C=O) groups is 3. The number of aldehydes is 3. The van der Waals surface area contributed by atoms with Gasteiger partial charge in [0.1, 0.15) is 61.0 Å². The van der Waals surface area contributed by atoms with Crippen molar-refractivity contribution in [3.63, 3.8) is 0 Å². The highest BCUT2D eigenvalue weighted by molar-refractivity contribution is 5.51. The molecule has 0 aromatic rings. The summed E-state index contributed by atoms with van der Waals surface area (Å²) >= 11 is 0. The molecule has 108 valence electrons. The maximum Gasteiger partial charge on any atom is 0.184 e. The normalized spacial score (nSPS) is 32.4. The van der Waals surface area contributed by atoms with Gasteiger partial charge in [-0.25, -0.2) is 0 Å². The number of carbonyl (C=O) groups excluding carboxylic acids is 3. The van der Waals surface area contributed by atoms with Gasteiger partial charge in [-0.05, 0) is 0 Å². The van der Waals surface area contributed by atoms with Crippen LogP contribution in [0.4, 0.5) is 0 Å². The Morgan fingerprint density at radius 2 is 1.63 bits per heavy atom. The van der Waals surface area contributed by atoms with Crippen molar-refractivity contribution < 1.29 is 42.5 Å². The smallest absolute Gasteiger partial charge is 0.184 e. The van der Waals surface area contributed by atoms with Gasteiger partial charge in [-0.15, -0.1) is 0 Å². The van der Waals surface area contributed by atoms with E-state index in [-0.39, 0.29) is 6.61 Å². The second-order valence-corrected chi connectivity index (χ2v) is 3.56. The first kappa shape index (κ1) is 11.6. The Morgan fingerprint density at radius 3 is 2.21 bits per heavy atom. The van der Waals surface area contributed by atoms with Gasteiger partial charge in [0.15, 0.2) is 6.29 Å². The minimum Gasteiger partial charge on any atom is -0.371 e. The van der Waals surface area contributed by atoms with Crippen molar-refractivity contribution in [1.29, 1.82) is 0 Å². The lowest BCUT2D eigenvalue weighted by molar-refractivity contribution is -0.152. The fraction of sp³-hybridized carbons (Fsp3) is 0.727. The highest BCUT2D eigenvalue weighted by Crippen LogP contribution is 2.25. The molecule has 0 aliphatic carbocycles. The predicted octanol–water partition coefficient (Wildman–Crippen LogP) is -1.91. The van der Waals surface area contributed by atoms with E-state index in [4.69, 9.17) is 23.1 Å². The summed E-state index contributed by atoms with van der Waals surface area (Å²) in [6, 6.07) is 0. The number of rotatable bonds is 10. The average Bonchev–Trinajstić information content (AvgIpc) is 2.69. The highest BCUT2D eigenvalue weighted by Gasteiger charge is 2.45. The molecule has 1 aliphatic heterocycles. The molecule has 0 aromatic heterocycles. The molecule has 1 N–H and O–H groups in total. The first-order chi connectivity index (χ1) is 10.3. The van der Waals surface area contributed by atoms with Crippen molar-refractivity contribution in [3.05, 3.63) is 0 Å². The number of hydrogen-bond donors (Lipinski definition) is 1. The molecule has 1 rings (SSSR count). The molecule has 0 aromatic carbocycles. The molecule has 1 heterocycles. The molecule has 4 atom stereocenters. The molecule has 1 unspecified atom stereocenters. The van der Waals surface area contributed by atoms with E-state index in [2.05, 4.69) is 0 Å². The van der Waals surface area contributed by atoms with Gasteiger partial charge in [-0.2, -0.15) is 0 Å². The standard InChI is InChI=1S/C11H16O8/c12-1-4-16-7-8-9(17-5-2-13)10(11(15)19-8)18-6-3-14/h1-3,8-11,15H,4-7H2/t8-,9-,10+,11?/m1/s1/i1D,2D,3D. The molecule has 0 saturated carbocycles. The zero-order chi connectivity index (χ0) is 16.7. The van der Waals surface area contributed by atoms with Crippen LogP contribution in [0.15, 0.2) is 0 Å². The molecule has 0 bridgehead atoms. The molecule has 8 nitrogen and oxygen atoms in total. The Bertz CT molecular complexity index is 418. The lowest BCUT2D eigenvalue weighted by Gasteiger charge is -2.21. The largest absolute Gasteiger partial charge is 0.371 e. The lowest BCUT2D eigenvalue weighted by Crippen LogP contribution is -2.40. The zero-order valence-corrected chi connectivity index (χ0v) is 9.94. The Morgan fingerprint density at radius 1 is 1.05 bits per heavy atom. The van der Waals surface area contributed by atoms with Crippen LogP contribution in [0.3, 0.4) is 0 Å². The van der Waals surface area contributed by atoms with E-state index in [0.717, 1.165) is 0 Å². The van der Waals surface area contributed by atoms with Gasteiger partial charge < -0.3 is 38.4 Å². The van der Waals surface area contributed by atoms with E-state index in [1.54, 1.807) is 0 Å². The van der Waals surface area contributed by atoms with Crippen molar-refractivity contribution >= 4 is 18.8 Å². The van der Waals surface area contributed by atoms with E-state index >= 15 is 0 Å². The van der Waals surface area contributed by atoms with Gasteiger partial charge in [-0.3, -0.25) is 0 Å². The molecule has 0 amide bonds. The van der Waals surface area contributed by atoms with Crippen molar-refractivity contribution in [2.45, 2.75) is 24.6 Å². The number of hydrogen-bond acceptors (Lipinski definition) is 8. The second kappa shape index (κ2) is 8.83. The maximum atomic E-state index is 10.7. The summed E-state index contributed by atoms with van der Waals surface area (Å²) < 4.78 is 40.4. The molecule has 19 heavy (non-hydrogen) atoms. The van der Waals surface area contributed by atoms with Gasteiger partial charge in [0.2, 0.25) is 0 Å². The lowest BCUT2D eigenvalue weighted by atomic mass is 10.1. The summed E-state index contributed by atoms with van der Waals surface area (Å²) in [5.74, 6) is 0. The van der Waals surface area contributed by atoms with Crippen LogP contribution in [0, 0.1) is 0 Å². The zero-order valence-electron chi connectivity index (χ0n) is 12.9. The van der Waals surface area contributed by atoms with E-state index in [1.165, 1.54) is 0 Å². The summed E-state index contributed by atoms with van der Waals surface area (Å²) in [5, 5.41) is 9.73. The molecular weight excluding hydrogens is 260 g/mol. The van der Waals surface area contributed by atoms with Crippen LogP contribution in [0.5, 0.6) is 0 Å². The van der Waals surface area contributed by atoms with E-state index in [1.807, 2.05) is 0 Å². The number of ether oxygens (including phenoxy) is 4. The van der Waals surface area contributed by atoms with Crippen LogP contribution in [0.25, 0.3) is 0 Å². The van der Waals surface area contributed by atoms with Crippen molar-refractivity contribution in [2.24, 2.45) is 0 Å². The highest BCUT2D eigenvalue weighted by atomic mass is 16.7. The van der Waals surface area contributed by atoms with Crippen LogP contribution >= 0.6 is 0 Å². The van der Waals surface area contributed by atoms with E-state index in [9.17, 15) is 19.5 Å². The first-order valence-electron chi connectivity index (χ1n) is 6.94. The Kier molecular flexibility index (Phi) is 5.40. The summed E-state index contributed by atoms with van der Waals surface area (Å²) in [6.45, 7) is -1.92. The predicted molar refractivity (Wildman–Crippen MR) is 59.4 cm³/mol. The molecule has 1 saturated heterocycles. The number of aliphatic hydroxyl groups is 1.